The number of tetrazole rings is 1. The second kappa shape index (κ2) is 6.20. The first-order valence-corrected chi connectivity index (χ1v) is 7.91. The number of anilines is 2. The molecule has 2 N–H and O–H groups in total. The lowest BCUT2D eigenvalue weighted by atomic mass is 9.95. The van der Waals surface area contributed by atoms with Crippen LogP contribution in [0, 0.1) is 0 Å². The van der Waals surface area contributed by atoms with Gasteiger partial charge in [-0.15, -0.1) is 0 Å². The predicted molar refractivity (Wildman–Crippen MR) is 93.8 cm³/mol. The van der Waals surface area contributed by atoms with E-state index in [2.05, 4.69) is 26.2 Å². The molecule has 7 heteroatoms. The number of aromatic nitrogens is 4. The number of amides is 1. The van der Waals surface area contributed by atoms with E-state index in [1.807, 2.05) is 67.6 Å². The van der Waals surface area contributed by atoms with Gasteiger partial charge in [0.15, 0.2) is 0 Å². The van der Waals surface area contributed by atoms with Gasteiger partial charge < -0.3 is 10.6 Å². The number of carbonyl (C=O) groups is 1. The Morgan fingerprint density at radius 2 is 1.76 bits per heavy atom. The minimum Gasteiger partial charge on any atom is -0.326 e. The van der Waals surface area contributed by atoms with E-state index in [1.54, 1.807) is 4.68 Å². The standard InChI is InChI=1S/C18H16N6O/c1-12-15(17(25)20-14-10-6-3-7-11-14)16(13-8-4-2-5-9-13)24-18(19-12)21-22-23-24/h2-11,16H,1H3,(H,20,25)(H,19,21,23)/t16-/m0/s1. The van der Waals surface area contributed by atoms with Gasteiger partial charge in [-0.1, -0.05) is 53.6 Å². The lowest BCUT2D eigenvalue weighted by Crippen LogP contribution is -2.31. The molecular formula is C18H16N6O. The van der Waals surface area contributed by atoms with Crippen LogP contribution in [0.2, 0.25) is 0 Å². The van der Waals surface area contributed by atoms with Gasteiger partial charge in [0.1, 0.15) is 6.04 Å². The average molecular weight is 332 g/mol. The molecule has 0 saturated carbocycles. The number of carbonyl (C=O) groups excluding carboxylic acids is 1. The number of nitrogens with one attached hydrogen (secondary N) is 2. The molecular weight excluding hydrogens is 316 g/mol. The Hall–Kier alpha value is -3.48. The molecule has 124 valence electrons. The van der Waals surface area contributed by atoms with E-state index in [-0.39, 0.29) is 5.91 Å². The van der Waals surface area contributed by atoms with Crippen molar-refractivity contribution >= 4 is 17.5 Å². The van der Waals surface area contributed by atoms with E-state index in [9.17, 15) is 4.79 Å². The van der Waals surface area contributed by atoms with E-state index < -0.39 is 6.04 Å². The first-order valence-electron chi connectivity index (χ1n) is 7.91. The lowest BCUT2D eigenvalue weighted by molar-refractivity contribution is -0.113. The monoisotopic (exact) mass is 332 g/mol. The SMILES string of the molecule is CC1=C(C(=O)Nc2ccccc2)[C@H](c2ccccc2)n2nnnc2N1. The molecule has 1 aliphatic rings. The van der Waals surface area contributed by atoms with Crippen molar-refractivity contribution in [2.75, 3.05) is 10.6 Å². The molecule has 1 amide bonds. The summed E-state index contributed by atoms with van der Waals surface area (Å²) in [7, 11) is 0. The van der Waals surface area contributed by atoms with Gasteiger partial charge in [0.2, 0.25) is 5.95 Å². The fourth-order valence-corrected chi connectivity index (χ4v) is 2.97. The zero-order valence-electron chi connectivity index (χ0n) is 13.5. The number of benzene rings is 2. The summed E-state index contributed by atoms with van der Waals surface area (Å²) in [4.78, 5) is 13.0. The Morgan fingerprint density at radius 3 is 2.48 bits per heavy atom. The highest BCUT2D eigenvalue weighted by atomic mass is 16.1. The molecule has 2 heterocycles. The Balaban J connectivity index is 1.77. The van der Waals surface area contributed by atoms with Crippen LogP contribution in [0.3, 0.4) is 0 Å². The molecule has 0 unspecified atom stereocenters. The van der Waals surface area contributed by atoms with Crippen LogP contribution in [0.15, 0.2) is 71.9 Å². The van der Waals surface area contributed by atoms with E-state index in [1.165, 1.54) is 0 Å². The summed E-state index contributed by atoms with van der Waals surface area (Å²) in [6.07, 6.45) is 0. The third-order valence-corrected chi connectivity index (χ3v) is 4.11. The molecule has 0 saturated heterocycles. The molecule has 25 heavy (non-hydrogen) atoms. The molecule has 0 radical (unpaired) electrons. The number of fused-ring (bicyclic) bond motifs is 1. The maximum absolute atomic E-state index is 13.0. The van der Waals surface area contributed by atoms with Crippen LogP contribution in [0.25, 0.3) is 0 Å². The van der Waals surface area contributed by atoms with Crippen molar-refractivity contribution in [3.05, 3.63) is 77.5 Å². The summed E-state index contributed by atoms with van der Waals surface area (Å²) < 4.78 is 1.63. The quantitative estimate of drug-likeness (QED) is 0.770. The molecule has 1 aliphatic heterocycles. The highest BCUT2D eigenvalue weighted by Gasteiger charge is 2.33. The van der Waals surface area contributed by atoms with Gasteiger partial charge in [-0.05, 0) is 35.0 Å². The minimum atomic E-state index is -0.392. The van der Waals surface area contributed by atoms with Crippen LogP contribution in [0.5, 0.6) is 0 Å². The number of hydrogen-bond donors (Lipinski definition) is 2. The molecule has 1 aromatic heterocycles. The second-order valence-corrected chi connectivity index (χ2v) is 5.74. The summed E-state index contributed by atoms with van der Waals surface area (Å²) in [5.74, 6) is 0.328. The van der Waals surface area contributed by atoms with Crippen molar-refractivity contribution in [2.45, 2.75) is 13.0 Å². The molecule has 2 aromatic carbocycles. The van der Waals surface area contributed by atoms with Crippen LogP contribution < -0.4 is 10.6 Å². The maximum Gasteiger partial charge on any atom is 0.255 e. The van der Waals surface area contributed by atoms with Gasteiger partial charge in [0, 0.05) is 11.4 Å². The van der Waals surface area contributed by atoms with Gasteiger partial charge in [-0.3, -0.25) is 4.79 Å². The Bertz CT molecular complexity index is 932. The predicted octanol–water partition coefficient (Wildman–Crippen LogP) is 2.60. The van der Waals surface area contributed by atoms with Crippen LogP contribution in [0.4, 0.5) is 11.6 Å². The van der Waals surface area contributed by atoms with Gasteiger partial charge in [-0.25, -0.2) is 0 Å². The zero-order valence-corrected chi connectivity index (χ0v) is 13.5. The minimum absolute atomic E-state index is 0.189. The molecule has 4 rings (SSSR count). The maximum atomic E-state index is 13.0. The summed E-state index contributed by atoms with van der Waals surface area (Å²) in [6.45, 7) is 1.86. The molecule has 1 atom stereocenters. The summed E-state index contributed by atoms with van der Waals surface area (Å²) in [5.41, 5.74) is 2.98. The van der Waals surface area contributed by atoms with Crippen LogP contribution >= 0.6 is 0 Å². The first kappa shape index (κ1) is 15.1. The van der Waals surface area contributed by atoms with Crippen LogP contribution in [-0.4, -0.2) is 26.1 Å². The van der Waals surface area contributed by atoms with Crippen LogP contribution in [-0.2, 0) is 4.79 Å². The van der Waals surface area contributed by atoms with Crippen molar-refractivity contribution in [2.24, 2.45) is 0 Å². The van der Waals surface area contributed by atoms with Gasteiger partial charge in [-0.2, -0.15) is 4.68 Å². The average Bonchev–Trinajstić information content (AvgIpc) is 3.10. The summed E-state index contributed by atoms with van der Waals surface area (Å²) in [6, 6.07) is 18.7. The third kappa shape index (κ3) is 2.76. The van der Waals surface area contributed by atoms with E-state index in [0.717, 1.165) is 16.9 Å². The Morgan fingerprint density at radius 1 is 1.08 bits per heavy atom. The Labute approximate surface area is 144 Å². The number of allylic oxidation sites excluding steroid dienone is 1. The normalized spacial score (nSPS) is 16.1. The smallest absolute Gasteiger partial charge is 0.255 e. The zero-order chi connectivity index (χ0) is 17.2. The van der Waals surface area contributed by atoms with Crippen molar-refractivity contribution in [1.82, 2.24) is 20.2 Å². The lowest BCUT2D eigenvalue weighted by Gasteiger charge is -2.27. The van der Waals surface area contributed by atoms with Crippen molar-refractivity contribution < 1.29 is 4.79 Å². The fourth-order valence-electron chi connectivity index (χ4n) is 2.97. The van der Waals surface area contributed by atoms with E-state index >= 15 is 0 Å². The second-order valence-electron chi connectivity index (χ2n) is 5.74. The Kier molecular flexibility index (Phi) is 3.74. The fraction of sp³-hybridized carbons (Fsp3) is 0.111. The molecule has 7 nitrogen and oxygen atoms in total. The molecule has 0 fully saturated rings. The molecule has 0 spiro atoms. The molecule has 3 aromatic rings. The largest absolute Gasteiger partial charge is 0.326 e. The van der Waals surface area contributed by atoms with Crippen molar-refractivity contribution in [3.8, 4) is 0 Å². The van der Waals surface area contributed by atoms with Crippen molar-refractivity contribution in [1.29, 1.82) is 0 Å². The van der Waals surface area contributed by atoms with Crippen LogP contribution in [0.1, 0.15) is 18.5 Å². The van der Waals surface area contributed by atoms with Crippen molar-refractivity contribution in [3.63, 3.8) is 0 Å². The number of hydrogen-bond acceptors (Lipinski definition) is 5. The summed E-state index contributed by atoms with van der Waals surface area (Å²) in [5, 5.41) is 17.8. The highest BCUT2D eigenvalue weighted by Crippen LogP contribution is 2.34. The molecule has 0 aliphatic carbocycles. The first-order chi connectivity index (χ1) is 12.2. The van der Waals surface area contributed by atoms with Gasteiger partial charge in [0.25, 0.3) is 5.91 Å². The number of para-hydroxylation sites is 1. The summed E-state index contributed by atoms with van der Waals surface area (Å²) >= 11 is 0. The molecule has 0 bridgehead atoms. The highest BCUT2D eigenvalue weighted by molar-refractivity contribution is 6.05. The third-order valence-electron chi connectivity index (χ3n) is 4.11. The number of nitrogens with zero attached hydrogens (tertiary/aromatic N) is 4. The van der Waals surface area contributed by atoms with E-state index in [0.29, 0.717) is 11.5 Å². The van der Waals surface area contributed by atoms with Gasteiger partial charge in [0.05, 0.1) is 5.57 Å². The van der Waals surface area contributed by atoms with Gasteiger partial charge >= 0.3 is 0 Å². The number of rotatable bonds is 3. The van der Waals surface area contributed by atoms with E-state index in [4.69, 9.17) is 0 Å². The topological polar surface area (TPSA) is 84.7 Å².